The molecule has 0 aromatic carbocycles. The third-order valence-electron chi connectivity index (χ3n) is 0.494. The van der Waals surface area contributed by atoms with Crippen LogP contribution in [0.4, 0.5) is 0 Å². The zero-order chi connectivity index (χ0) is 6.41. The van der Waals surface area contributed by atoms with Crippen LogP contribution < -0.4 is 5.73 Å². The number of hydrogen-bond acceptors (Lipinski definition) is 5. The minimum atomic E-state index is -0.558. The number of rotatable bonds is 4. The van der Waals surface area contributed by atoms with Gasteiger partial charge in [0.1, 0.15) is 6.29 Å². The third-order valence-corrected chi connectivity index (χ3v) is 1.13. The van der Waals surface area contributed by atoms with Crippen LogP contribution in [-0.2, 0) is 4.79 Å². The second-order valence-electron chi connectivity index (χ2n) is 1.17. The fourth-order valence-corrected chi connectivity index (χ4v) is 0.467. The number of carbonyl (C=O) groups excluding carboxylic acids is 1. The monoisotopic (exact) mass is 134 g/mol. The van der Waals surface area contributed by atoms with Crippen molar-refractivity contribution in [2.24, 2.45) is 10.3 Å². The summed E-state index contributed by atoms with van der Waals surface area (Å²) in [6.45, 7) is 0. The molecule has 0 rings (SSSR count). The predicted molar refractivity (Wildman–Crippen MR) is 32.3 cm³/mol. The molecule has 0 aliphatic rings. The van der Waals surface area contributed by atoms with Crippen molar-refractivity contribution < 1.29 is 4.79 Å². The summed E-state index contributed by atoms with van der Waals surface area (Å²) in [6.07, 6.45) is 0.582. The Morgan fingerprint density at radius 3 is 2.88 bits per heavy atom. The molecule has 0 radical (unpaired) electrons. The highest BCUT2D eigenvalue weighted by Crippen LogP contribution is 1.99. The largest absolute Gasteiger partial charge is 0.321 e. The van der Waals surface area contributed by atoms with Gasteiger partial charge in [0.05, 0.1) is 6.04 Å². The summed E-state index contributed by atoms with van der Waals surface area (Å²) in [5.74, 6) is 0.271. The van der Waals surface area contributed by atoms with Crippen LogP contribution in [0.5, 0.6) is 0 Å². The summed E-state index contributed by atoms with van der Waals surface area (Å²) < 4.78 is 2.45. The highest BCUT2D eigenvalue weighted by atomic mass is 32.2. The van der Waals surface area contributed by atoms with Gasteiger partial charge < -0.3 is 10.5 Å². The molecule has 0 amide bonds. The van der Waals surface area contributed by atoms with Crippen molar-refractivity contribution >= 4 is 18.2 Å². The van der Waals surface area contributed by atoms with E-state index in [1.807, 2.05) is 0 Å². The van der Waals surface area contributed by atoms with E-state index in [1.54, 1.807) is 0 Å². The third kappa shape index (κ3) is 3.76. The van der Waals surface area contributed by atoms with E-state index in [0.717, 1.165) is 11.9 Å². The van der Waals surface area contributed by atoms with Crippen molar-refractivity contribution in [3.8, 4) is 0 Å². The van der Waals surface area contributed by atoms with E-state index in [4.69, 9.17) is 5.73 Å². The number of nitrogens with zero attached hydrogens (tertiary/aromatic N) is 1. The van der Waals surface area contributed by atoms with Crippen LogP contribution in [0, 0.1) is 4.91 Å². The van der Waals surface area contributed by atoms with E-state index in [9.17, 15) is 9.70 Å². The van der Waals surface area contributed by atoms with Gasteiger partial charge in [-0.25, -0.2) is 0 Å². The van der Waals surface area contributed by atoms with Crippen molar-refractivity contribution in [2.45, 2.75) is 6.04 Å². The molecule has 0 bridgehead atoms. The first kappa shape index (κ1) is 7.58. The summed E-state index contributed by atoms with van der Waals surface area (Å²) in [7, 11) is 0. The standard InChI is InChI=1S/C3H6N2O2S/c4-3(1-6)2-8-5-7/h1,3H,2,4H2/t3-/m1/s1. The second kappa shape index (κ2) is 4.73. The lowest BCUT2D eigenvalue weighted by molar-refractivity contribution is -0.108. The van der Waals surface area contributed by atoms with Gasteiger partial charge in [0.2, 0.25) is 0 Å². The lowest BCUT2D eigenvalue weighted by Gasteiger charge is -1.93. The number of hydrogen-bond donors (Lipinski definition) is 1. The van der Waals surface area contributed by atoms with Crippen LogP contribution in [0.15, 0.2) is 4.58 Å². The molecule has 0 aromatic rings. The first-order valence-corrected chi connectivity index (χ1v) is 2.91. The number of aldehydes is 1. The molecule has 46 valence electrons. The summed E-state index contributed by atoms with van der Waals surface area (Å²) >= 11 is 0.754. The van der Waals surface area contributed by atoms with Gasteiger partial charge in [-0.2, -0.15) is 0 Å². The highest BCUT2D eigenvalue weighted by molar-refractivity contribution is 7.97. The van der Waals surface area contributed by atoms with Gasteiger partial charge in [-0.3, -0.25) is 0 Å². The molecule has 4 nitrogen and oxygen atoms in total. The van der Waals surface area contributed by atoms with Gasteiger partial charge in [0.15, 0.2) is 0 Å². The molecule has 0 fully saturated rings. The number of carbonyl (C=O) groups is 1. The van der Waals surface area contributed by atoms with E-state index >= 15 is 0 Å². The van der Waals surface area contributed by atoms with E-state index in [1.165, 1.54) is 0 Å². The molecular weight excluding hydrogens is 128 g/mol. The number of nitrogens with two attached hydrogens (primary N) is 1. The summed E-state index contributed by atoms with van der Waals surface area (Å²) in [6, 6.07) is -0.558. The molecule has 8 heavy (non-hydrogen) atoms. The Bertz CT molecular complexity index is 87.4. The zero-order valence-electron chi connectivity index (χ0n) is 4.11. The smallest absolute Gasteiger partial charge is 0.137 e. The Kier molecular flexibility index (Phi) is 4.48. The molecular formula is C3H6N2O2S. The lowest BCUT2D eigenvalue weighted by atomic mass is 10.4. The zero-order valence-corrected chi connectivity index (χ0v) is 4.93. The van der Waals surface area contributed by atoms with Crippen LogP contribution in [0.1, 0.15) is 0 Å². The van der Waals surface area contributed by atoms with E-state index in [0.29, 0.717) is 6.29 Å². The summed E-state index contributed by atoms with van der Waals surface area (Å²) in [4.78, 5) is 19.1. The van der Waals surface area contributed by atoms with Gasteiger partial charge in [-0.15, -0.1) is 4.91 Å². The van der Waals surface area contributed by atoms with Gasteiger partial charge in [-0.05, 0) is 0 Å². The quantitative estimate of drug-likeness (QED) is 0.332. The van der Waals surface area contributed by atoms with Gasteiger partial charge in [0, 0.05) is 22.3 Å². The van der Waals surface area contributed by atoms with Crippen LogP contribution in [0.25, 0.3) is 0 Å². The Morgan fingerprint density at radius 1 is 1.88 bits per heavy atom. The SMILES string of the molecule is N[C@H](C=O)CSN=O. The van der Waals surface area contributed by atoms with Crippen molar-refractivity contribution in [3.63, 3.8) is 0 Å². The van der Waals surface area contributed by atoms with Crippen LogP contribution in [-0.4, -0.2) is 18.1 Å². The molecule has 0 spiro atoms. The average Bonchev–Trinajstić information content (AvgIpc) is 1.83. The molecule has 2 N–H and O–H groups in total. The molecule has 5 heteroatoms. The van der Waals surface area contributed by atoms with E-state index in [2.05, 4.69) is 4.58 Å². The summed E-state index contributed by atoms with van der Waals surface area (Å²) in [5, 5.41) is 0. The van der Waals surface area contributed by atoms with Crippen molar-refractivity contribution in [1.29, 1.82) is 0 Å². The maximum atomic E-state index is 9.73. The van der Waals surface area contributed by atoms with E-state index in [-0.39, 0.29) is 5.75 Å². The van der Waals surface area contributed by atoms with Gasteiger partial charge in [0.25, 0.3) is 0 Å². The Morgan fingerprint density at radius 2 is 2.50 bits per heavy atom. The van der Waals surface area contributed by atoms with Crippen molar-refractivity contribution in [1.82, 2.24) is 0 Å². The highest BCUT2D eigenvalue weighted by Gasteiger charge is 1.97. The van der Waals surface area contributed by atoms with Crippen LogP contribution in [0.2, 0.25) is 0 Å². The average molecular weight is 134 g/mol. The Hall–Kier alpha value is -0.420. The van der Waals surface area contributed by atoms with Crippen LogP contribution in [0.3, 0.4) is 0 Å². The fourth-order valence-electron chi connectivity index (χ4n) is 0.156. The maximum absolute atomic E-state index is 9.73. The van der Waals surface area contributed by atoms with Crippen molar-refractivity contribution in [3.05, 3.63) is 4.91 Å². The Balaban J connectivity index is 3.09. The van der Waals surface area contributed by atoms with Gasteiger partial charge in [-0.1, -0.05) is 0 Å². The van der Waals surface area contributed by atoms with Crippen molar-refractivity contribution in [2.75, 3.05) is 5.75 Å². The van der Waals surface area contributed by atoms with Crippen LogP contribution >= 0.6 is 11.9 Å². The van der Waals surface area contributed by atoms with Gasteiger partial charge >= 0.3 is 0 Å². The molecule has 0 heterocycles. The lowest BCUT2D eigenvalue weighted by Crippen LogP contribution is -2.23. The topological polar surface area (TPSA) is 72.5 Å². The molecule has 0 aliphatic carbocycles. The molecule has 0 saturated heterocycles. The maximum Gasteiger partial charge on any atom is 0.137 e. The molecule has 0 saturated carbocycles. The predicted octanol–water partition coefficient (Wildman–Crippen LogP) is -0.0728. The van der Waals surface area contributed by atoms with E-state index < -0.39 is 6.04 Å². The fraction of sp³-hybridized carbons (Fsp3) is 0.667. The minimum Gasteiger partial charge on any atom is -0.321 e. The summed E-state index contributed by atoms with van der Waals surface area (Å²) in [5.41, 5.74) is 5.07. The first-order chi connectivity index (χ1) is 3.81. The minimum absolute atomic E-state index is 0.271. The molecule has 0 aromatic heterocycles. The number of nitroso groups, excluding NO2 is 1. The molecule has 0 unspecified atom stereocenters. The first-order valence-electron chi connectivity index (χ1n) is 1.96. The molecule has 1 atom stereocenters. The molecule has 0 aliphatic heterocycles. The Labute approximate surface area is 50.9 Å². The normalized spacial score (nSPS) is 12.6. The second-order valence-corrected chi connectivity index (χ2v) is 1.91.